The first kappa shape index (κ1) is 25.5. The predicted molar refractivity (Wildman–Crippen MR) is 119 cm³/mol. The van der Waals surface area contributed by atoms with Crippen molar-refractivity contribution in [3.05, 3.63) is 69.7 Å². The van der Waals surface area contributed by atoms with Crippen LogP contribution in [0.25, 0.3) is 0 Å². The van der Waals surface area contributed by atoms with Gasteiger partial charge in [0, 0.05) is 16.5 Å². The zero-order valence-corrected chi connectivity index (χ0v) is 19.0. The van der Waals surface area contributed by atoms with Gasteiger partial charge in [-0.3, -0.25) is 4.79 Å². The molecule has 0 saturated carbocycles. The van der Waals surface area contributed by atoms with Crippen LogP contribution in [0.1, 0.15) is 18.1 Å². The fourth-order valence-electron chi connectivity index (χ4n) is 2.83. The zero-order valence-electron chi connectivity index (χ0n) is 17.5. The van der Waals surface area contributed by atoms with E-state index in [1.807, 2.05) is 6.07 Å². The van der Waals surface area contributed by atoms with Crippen LogP contribution in [0.4, 0.5) is 4.79 Å². The second-order valence-electron chi connectivity index (χ2n) is 6.91. The highest BCUT2D eigenvalue weighted by Crippen LogP contribution is 2.25. The highest BCUT2D eigenvalue weighted by molar-refractivity contribution is 6.36. The molecule has 0 saturated heterocycles. The molecule has 0 aromatic heterocycles. The van der Waals surface area contributed by atoms with E-state index in [0.29, 0.717) is 15.6 Å². The van der Waals surface area contributed by atoms with Crippen LogP contribution in [0.3, 0.4) is 0 Å². The number of esters is 1. The van der Waals surface area contributed by atoms with E-state index in [0.717, 1.165) is 5.56 Å². The quantitative estimate of drug-likeness (QED) is 0.473. The maximum Gasteiger partial charge on any atom is 0.408 e. The van der Waals surface area contributed by atoms with Crippen LogP contribution in [0, 0.1) is 0 Å². The standard InChI is InChI=1S/C22H24Cl2N2O6/c1-13(27)19(26-22(30)32-12-14-7-4-3-5-8-14)20(28)25-18(21(29)31-2)11-15-16(23)9-6-10-17(15)24/h3-10,13,18-19,27H,11-12H2,1-2H3,(H,25,28)(H,26,30)/t13-,18+,19+/m1/s1. The van der Waals surface area contributed by atoms with Gasteiger partial charge in [-0.1, -0.05) is 59.6 Å². The van der Waals surface area contributed by atoms with E-state index in [1.165, 1.54) is 14.0 Å². The Morgan fingerprint density at radius 2 is 1.62 bits per heavy atom. The summed E-state index contributed by atoms with van der Waals surface area (Å²) in [7, 11) is 1.17. The molecule has 32 heavy (non-hydrogen) atoms. The van der Waals surface area contributed by atoms with E-state index in [4.69, 9.17) is 32.7 Å². The van der Waals surface area contributed by atoms with Gasteiger partial charge < -0.3 is 25.2 Å². The number of aliphatic hydroxyl groups is 1. The Morgan fingerprint density at radius 1 is 1.00 bits per heavy atom. The first-order chi connectivity index (χ1) is 15.2. The van der Waals surface area contributed by atoms with Gasteiger partial charge in [-0.2, -0.15) is 0 Å². The van der Waals surface area contributed by atoms with Crippen molar-refractivity contribution in [2.75, 3.05) is 7.11 Å². The van der Waals surface area contributed by atoms with Crippen molar-refractivity contribution in [1.82, 2.24) is 10.6 Å². The molecule has 2 rings (SSSR count). The van der Waals surface area contributed by atoms with Gasteiger partial charge in [0.05, 0.1) is 13.2 Å². The van der Waals surface area contributed by atoms with Crippen molar-refractivity contribution in [1.29, 1.82) is 0 Å². The van der Waals surface area contributed by atoms with Gasteiger partial charge in [-0.15, -0.1) is 0 Å². The maximum atomic E-state index is 12.8. The Bertz CT molecular complexity index is 919. The number of benzene rings is 2. The lowest BCUT2D eigenvalue weighted by molar-refractivity contribution is -0.145. The Morgan fingerprint density at radius 3 is 2.19 bits per heavy atom. The molecule has 10 heteroatoms. The summed E-state index contributed by atoms with van der Waals surface area (Å²) in [6.07, 6.45) is -2.23. The summed E-state index contributed by atoms with van der Waals surface area (Å²) >= 11 is 12.3. The second kappa shape index (κ2) is 12.3. The molecular weight excluding hydrogens is 459 g/mol. The van der Waals surface area contributed by atoms with Gasteiger partial charge in [0.1, 0.15) is 18.7 Å². The van der Waals surface area contributed by atoms with Crippen LogP contribution < -0.4 is 10.6 Å². The average Bonchev–Trinajstić information content (AvgIpc) is 2.77. The number of carbonyl (C=O) groups excluding carboxylic acids is 3. The van der Waals surface area contributed by atoms with Crippen molar-refractivity contribution < 1.29 is 29.0 Å². The van der Waals surface area contributed by atoms with E-state index in [9.17, 15) is 19.5 Å². The Kier molecular flexibility index (Phi) is 9.77. The Hall–Kier alpha value is -2.81. The minimum atomic E-state index is -1.38. The first-order valence-corrected chi connectivity index (χ1v) is 10.4. The lowest BCUT2D eigenvalue weighted by atomic mass is 10.0. The predicted octanol–water partition coefficient (Wildman–Crippen LogP) is 2.87. The van der Waals surface area contributed by atoms with Crippen molar-refractivity contribution in [2.24, 2.45) is 0 Å². The van der Waals surface area contributed by atoms with E-state index >= 15 is 0 Å². The average molecular weight is 483 g/mol. The largest absolute Gasteiger partial charge is 0.467 e. The number of methoxy groups -OCH3 is 1. The van der Waals surface area contributed by atoms with Crippen molar-refractivity contribution in [3.63, 3.8) is 0 Å². The summed E-state index contributed by atoms with van der Waals surface area (Å²) in [5.74, 6) is -1.56. The summed E-state index contributed by atoms with van der Waals surface area (Å²) in [5, 5.41) is 15.4. The van der Waals surface area contributed by atoms with Gasteiger partial charge in [-0.05, 0) is 30.2 Å². The minimum Gasteiger partial charge on any atom is -0.467 e. The normalized spacial score (nSPS) is 13.4. The van der Waals surface area contributed by atoms with Crippen molar-refractivity contribution in [3.8, 4) is 0 Å². The van der Waals surface area contributed by atoms with Crippen LogP contribution in [-0.2, 0) is 32.1 Å². The summed E-state index contributed by atoms with van der Waals surface area (Å²) < 4.78 is 9.85. The molecule has 0 aliphatic heterocycles. The number of rotatable bonds is 9. The molecule has 172 valence electrons. The molecule has 2 amide bonds. The SMILES string of the molecule is COC(=O)[C@H](Cc1c(Cl)cccc1Cl)NC(=O)[C@@H](NC(=O)OCc1ccccc1)[C@@H](C)O. The molecule has 0 aliphatic rings. The summed E-state index contributed by atoms with van der Waals surface area (Å²) in [5.41, 5.74) is 1.19. The molecule has 2 aromatic rings. The summed E-state index contributed by atoms with van der Waals surface area (Å²) in [6.45, 7) is 1.30. The molecule has 0 unspecified atom stereocenters. The summed E-state index contributed by atoms with van der Waals surface area (Å²) in [4.78, 5) is 37.2. The van der Waals surface area contributed by atoms with Crippen LogP contribution >= 0.6 is 23.2 Å². The maximum absolute atomic E-state index is 12.8. The molecule has 0 aliphatic carbocycles. The molecule has 3 N–H and O–H groups in total. The van der Waals surface area contributed by atoms with Crippen LogP contribution in [0.2, 0.25) is 10.0 Å². The van der Waals surface area contributed by atoms with Crippen LogP contribution in [0.15, 0.2) is 48.5 Å². The number of halogens is 2. The molecule has 0 radical (unpaired) electrons. The molecule has 3 atom stereocenters. The highest BCUT2D eigenvalue weighted by atomic mass is 35.5. The third-order valence-corrected chi connectivity index (χ3v) is 5.23. The first-order valence-electron chi connectivity index (χ1n) is 9.69. The zero-order chi connectivity index (χ0) is 23.7. The lowest BCUT2D eigenvalue weighted by Crippen LogP contribution is -2.56. The molecule has 0 fully saturated rings. The van der Waals surface area contributed by atoms with Crippen LogP contribution in [-0.4, -0.2) is 48.4 Å². The fraction of sp³-hybridized carbons (Fsp3) is 0.318. The Labute approximate surface area is 195 Å². The number of alkyl carbamates (subject to hydrolysis) is 1. The van der Waals surface area contributed by atoms with E-state index in [1.54, 1.807) is 42.5 Å². The number of nitrogens with one attached hydrogen (secondary N) is 2. The van der Waals surface area contributed by atoms with E-state index in [-0.39, 0.29) is 13.0 Å². The van der Waals surface area contributed by atoms with Crippen LogP contribution in [0.5, 0.6) is 0 Å². The van der Waals surface area contributed by atoms with E-state index in [2.05, 4.69) is 10.6 Å². The molecule has 2 aromatic carbocycles. The molecule has 0 heterocycles. The number of ether oxygens (including phenoxy) is 2. The number of amides is 2. The van der Waals surface area contributed by atoms with E-state index < -0.39 is 36.2 Å². The third kappa shape index (κ3) is 7.40. The fourth-order valence-corrected chi connectivity index (χ4v) is 3.38. The topological polar surface area (TPSA) is 114 Å². The van der Waals surface area contributed by atoms with Gasteiger partial charge >= 0.3 is 12.1 Å². The summed E-state index contributed by atoms with van der Waals surface area (Å²) in [6, 6.07) is 11.3. The van der Waals surface area contributed by atoms with Gasteiger partial charge in [0.2, 0.25) is 5.91 Å². The number of hydrogen-bond donors (Lipinski definition) is 3. The number of carbonyl (C=O) groups is 3. The van der Waals surface area contributed by atoms with Gasteiger partial charge in [0.15, 0.2) is 0 Å². The highest BCUT2D eigenvalue weighted by Gasteiger charge is 2.31. The van der Waals surface area contributed by atoms with Gasteiger partial charge in [0.25, 0.3) is 0 Å². The number of aliphatic hydroxyl groups excluding tert-OH is 1. The van der Waals surface area contributed by atoms with Crippen molar-refractivity contribution in [2.45, 2.75) is 38.1 Å². The Balaban J connectivity index is 2.07. The molecule has 8 nitrogen and oxygen atoms in total. The smallest absolute Gasteiger partial charge is 0.408 e. The molecule has 0 spiro atoms. The number of hydrogen-bond acceptors (Lipinski definition) is 6. The van der Waals surface area contributed by atoms with Crippen molar-refractivity contribution >= 4 is 41.2 Å². The lowest BCUT2D eigenvalue weighted by Gasteiger charge is -2.24. The monoisotopic (exact) mass is 482 g/mol. The third-order valence-electron chi connectivity index (χ3n) is 4.52. The minimum absolute atomic E-state index is 0.0172. The van der Waals surface area contributed by atoms with Gasteiger partial charge in [-0.25, -0.2) is 9.59 Å². The molecule has 0 bridgehead atoms. The molecular formula is C22H24Cl2N2O6. The second-order valence-corrected chi connectivity index (χ2v) is 7.73.